The lowest BCUT2D eigenvalue weighted by molar-refractivity contribution is -0.118. The van der Waals surface area contributed by atoms with Crippen LogP contribution < -0.4 is 10.1 Å². The molecule has 0 aliphatic carbocycles. The summed E-state index contributed by atoms with van der Waals surface area (Å²) in [5, 5.41) is 2.92. The Bertz CT molecular complexity index is 956. The van der Waals surface area contributed by atoms with Crippen molar-refractivity contribution in [2.45, 2.75) is 31.1 Å². The number of anilines is 1. The fourth-order valence-corrected chi connectivity index (χ4v) is 4.90. The Morgan fingerprint density at radius 3 is 2.54 bits per heavy atom. The molecule has 0 aromatic heterocycles. The van der Waals surface area contributed by atoms with Gasteiger partial charge in [-0.15, -0.1) is 0 Å². The van der Waals surface area contributed by atoms with Crippen molar-refractivity contribution >= 4 is 33.2 Å². The van der Waals surface area contributed by atoms with E-state index in [1.165, 1.54) is 22.5 Å². The zero-order valence-corrected chi connectivity index (χ0v) is 17.2. The fourth-order valence-electron chi connectivity index (χ4n) is 3.06. The maximum absolute atomic E-state index is 12.7. The number of rotatable bonds is 6. The highest BCUT2D eigenvalue weighted by Gasteiger charge is 2.26. The van der Waals surface area contributed by atoms with Gasteiger partial charge in [-0.3, -0.25) is 4.79 Å². The van der Waals surface area contributed by atoms with Crippen molar-refractivity contribution in [3.05, 3.63) is 53.1 Å². The number of para-hydroxylation sites is 1. The maximum atomic E-state index is 12.7. The molecular formula is C20H23ClN2O4S. The molecule has 1 aliphatic rings. The molecule has 0 atom stereocenters. The largest absolute Gasteiger partial charge is 0.482 e. The molecule has 2 aromatic rings. The molecule has 1 aliphatic heterocycles. The number of hydrogen-bond donors (Lipinski definition) is 1. The van der Waals surface area contributed by atoms with Crippen LogP contribution in [0.4, 0.5) is 5.69 Å². The second-order valence-electron chi connectivity index (χ2n) is 6.71. The highest BCUT2D eigenvalue weighted by Crippen LogP contribution is 2.29. The number of amides is 1. The Morgan fingerprint density at radius 1 is 1.14 bits per heavy atom. The Morgan fingerprint density at radius 2 is 1.86 bits per heavy atom. The number of sulfonamides is 1. The van der Waals surface area contributed by atoms with E-state index in [2.05, 4.69) is 5.32 Å². The summed E-state index contributed by atoms with van der Waals surface area (Å²) in [5.74, 6) is -0.0606. The summed E-state index contributed by atoms with van der Waals surface area (Å²) in [6, 6.07) is 11.8. The molecular weight excluding hydrogens is 400 g/mol. The SMILES string of the molecule is Cc1ccccc1NC(=O)COc1ccc(S(=O)(=O)N2CCCCC2)cc1Cl. The lowest BCUT2D eigenvalue weighted by Crippen LogP contribution is -2.35. The van der Waals surface area contributed by atoms with Crippen LogP contribution in [0, 0.1) is 6.92 Å². The van der Waals surface area contributed by atoms with Gasteiger partial charge in [0.15, 0.2) is 6.61 Å². The third kappa shape index (κ3) is 4.84. The third-order valence-corrected chi connectivity index (χ3v) is 6.82. The molecule has 8 heteroatoms. The molecule has 1 saturated heterocycles. The number of aryl methyl sites for hydroxylation is 1. The second kappa shape index (κ2) is 8.94. The van der Waals surface area contributed by atoms with Crippen molar-refractivity contribution in [1.82, 2.24) is 4.31 Å². The fraction of sp³-hybridized carbons (Fsp3) is 0.350. The van der Waals surface area contributed by atoms with Gasteiger partial charge in [-0.25, -0.2) is 8.42 Å². The van der Waals surface area contributed by atoms with Gasteiger partial charge in [-0.05, 0) is 49.6 Å². The number of ether oxygens (including phenoxy) is 1. The van der Waals surface area contributed by atoms with E-state index in [0.717, 1.165) is 24.8 Å². The van der Waals surface area contributed by atoms with Crippen LogP contribution >= 0.6 is 11.6 Å². The first kappa shape index (κ1) is 20.6. The van der Waals surface area contributed by atoms with Crippen LogP contribution in [0.3, 0.4) is 0 Å². The van der Waals surface area contributed by atoms with E-state index in [-0.39, 0.29) is 28.2 Å². The highest BCUT2D eigenvalue weighted by atomic mass is 35.5. The normalized spacial score (nSPS) is 15.2. The van der Waals surface area contributed by atoms with Crippen LogP contribution in [0.1, 0.15) is 24.8 Å². The first-order chi connectivity index (χ1) is 13.4. The summed E-state index contributed by atoms with van der Waals surface area (Å²) in [4.78, 5) is 12.2. The van der Waals surface area contributed by atoms with Crippen molar-refractivity contribution in [3.8, 4) is 5.75 Å². The summed E-state index contributed by atoms with van der Waals surface area (Å²) < 4.78 is 32.4. The minimum atomic E-state index is -3.56. The second-order valence-corrected chi connectivity index (χ2v) is 9.05. The number of piperidine rings is 1. The molecule has 150 valence electrons. The Hall–Kier alpha value is -2.09. The zero-order valence-electron chi connectivity index (χ0n) is 15.7. The maximum Gasteiger partial charge on any atom is 0.262 e. The van der Waals surface area contributed by atoms with Crippen molar-refractivity contribution in [1.29, 1.82) is 0 Å². The number of halogens is 1. The molecule has 1 N–H and O–H groups in total. The molecule has 0 bridgehead atoms. The lowest BCUT2D eigenvalue weighted by atomic mass is 10.2. The number of nitrogens with zero attached hydrogens (tertiary/aromatic N) is 1. The van der Waals surface area contributed by atoms with E-state index in [1.54, 1.807) is 6.07 Å². The Balaban J connectivity index is 1.64. The zero-order chi connectivity index (χ0) is 20.1. The van der Waals surface area contributed by atoms with Crippen LogP contribution in [-0.4, -0.2) is 38.3 Å². The van der Waals surface area contributed by atoms with E-state index >= 15 is 0 Å². The van der Waals surface area contributed by atoms with Crippen molar-refractivity contribution in [3.63, 3.8) is 0 Å². The number of nitrogens with one attached hydrogen (secondary N) is 1. The van der Waals surface area contributed by atoms with E-state index in [4.69, 9.17) is 16.3 Å². The first-order valence-corrected chi connectivity index (χ1v) is 11.0. The van der Waals surface area contributed by atoms with Gasteiger partial charge in [0.2, 0.25) is 10.0 Å². The summed E-state index contributed by atoms with van der Waals surface area (Å²) in [7, 11) is -3.56. The molecule has 0 saturated carbocycles. The molecule has 0 spiro atoms. The van der Waals surface area contributed by atoms with Gasteiger partial charge in [0.25, 0.3) is 5.91 Å². The van der Waals surface area contributed by atoms with E-state index in [1.807, 2.05) is 25.1 Å². The molecule has 0 unspecified atom stereocenters. The van der Waals surface area contributed by atoms with Crippen LogP contribution in [0.15, 0.2) is 47.4 Å². The Kier molecular flexibility index (Phi) is 6.59. The van der Waals surface area contributed by atoms with Gasteiger partial charge in [-0.1, -0.05) is 36.2 Å². The third-order valence-electron chi connectivity index (χ3n) is 4.63. The van der Waals surface area contributed by atoms with E-state index < -0.39 is 10.0 Å². The van der Waals surface area contributed by atoms with Gasteiger partial charge in [0.05, 0.1) is 9.92 Å². The standard InChI is InChI=1S/C20H23ClN2O4S/c1-15-7-3-4-8-18(15)22-20(24)14-27-19-10-9-16(13-17(19)21)28(25,26)23-11-5-2-6-12-23/h3-4,7-10,13H,2,5-6,11-12,14H2,1H3,(H,22,24). The monoisotopic (exact) mass is 422 g/mol. The summed E-state index contributed by atoms with van der Waals surface area (Å²) in [6.07, 6.45) is 2.78. The molecule has 0 radical (unpaired) electrons. The van der Waals surface area contributed by atoms with E-state index in [0.29, 0.717) is 18.8 Å². The lowest BCUT2D eigenvalue weighted by Gasteiger charge is -2.26. The molecule has 1 fully saturated rings. The predicted molar refractivity (Wildman–Crippen MR) is 109 cm³/mol. The van der Waals surface area contributed by atoms with Gasteiger partial charge >= 0.3 is 0 Å². The molecule has 6 nitrogen and oxygen atoms in total. The summed E-state index contributed by atoms with van der Waals surface area (Å²) in [6.45, 7) is 2.72. The van der Waals surface area contributed by atoms with Crippen LogP contribution in [0.25, 0.3) is 0 Å². The molecule has 2 aromatic carbocycles. The molecule has 3 rings (SSSR count). The molecule has 1 amide bonds. The average Bonchev–Trinajstić information content (AvgIpc) is 2.69. The van der Waals surface area contributed by atoms with Crippen LogP contribution in [0.5, 0.6) is 5.75 Å². The topological polar surface area (TPSA) is 75.7 Å². The van der Waals surface area contributed by atoms with Crippen molar-refractivity contribution < 1.29 is 17.9 Å². The first-order valence-electron chi connectivity index (χ1n) is 9.16. The van der Waals surface area contributed by atoms with Gasteiger partial charge in [0.1, 0.15) is 5.75 Å². The van der Waals surface area contributed by atoms with Crippen LogP contribution in [0.2, 0.25) is 5.02 Å². The molecule has 1 heterocycles. The minimum absolute atomic E-state index is 0.135. The van der Waals surface area contributed by atoms with Gasteiger partial charge in [-0.2, -0.15) is 4.31 Å². The van der Waals surface area contributed by atoms with Crippen LogP contribution in [-0.2, 0) is 14.8 Å². The summed E-state index contributed by atoms with van der Waals surface area (Å²) >= 11 is 6.20. The number of carbonyl (C=O) groups excluding carboxylic acids is 1. The number of benzene rings is 2. The average molecular weight is 423 g/mol. The van der Waals surface area contributed by atoms with Crippen molar-refractivity contribution in [2.75, 3.05) is 25.0 Å². The number of hydrogen-bond acceptors (Lipinski definition) is 4. The summed E-state index contributed by atoms with van der Waals surface area (Å²) in [5.41, 5.74) is 1.66. The van der Waals surface area contributed by atoms with Crippen molar-refractivity contribution in [2.24, 2.45) is 0 Å². The predicted octanol–water partition coefficient (Wildman–Crippen LogP) is 3.84. The Labute approximate surface area is 170 Å². The van der Waals surface area contributed by atoms with E-state index in [9.17, 15) is 13.2 Å². The number of carbonyl (C=O) groups is 1. The van der Waals surface area contributed by atoms with Gasteiger partial charge < -0.3 is 10.1 Å². The highest BCUT2D eigenvalue weighted by molar-refractivity contribution is 7.89. The van der Waals surface area contributed by atoms with Gasteiger partial charge in [0, 0.05) is 18.8 Å². The quantitative estimate of drug-likeness (QED) is 0.767. The smallest absolute Gasteiger partial charge is 0.262 e. The molecule has 28 heavy (non-hydrogen) atoms. The minimum Gasteiger partial charge on any atom is -0.482 e.